The van der Waals surface area contributed by atoms with Crippen molar-refractivity contribution in [3.63, 3.8) is 0 Å². The molecular formula is C24H28FN3O3. The van der Waals surface area contributed by atoms with Crippen LogP contribution in [0.5, 0.6) is 5.75 Å². The first-order chi connectivity index (χ1) is 15.1. The van der Waals surface area contributed by atoms with Crippen LogP contribution in [0, 0.1) is 5.82 Å². The number of ether oxygens (including phenoxy) is 1. The van der Waals surface area contributed by atoms with Crippen LogP contribution in [0.3, 0.4) is 0 Å². The fraction of sp³-hybridized carbons (Fsp3) is 0.417. The predicted octanol–water partition coefficient (Wildman–Crippen LogP) is 3.82. The summed E-state index contributed by atoms with van der Waals surface area (Å²) in [6, 6.07) is 13.5. The molecule has 2 heterocycles. The molecule has 164 valence electrons. The zero-order chi connectivity index (χ0) is 21.8. The molecule has 7 heteroatoms. The van der Waals surface area contributed by atoms with E-state index in [1.807, 2.05) is 6.92 Å². The van der Waals surface area contributed by atoms with Gasteiger partial charge in [-0.2, -0.15) is 0 Å². The molecule has 2 aliphatic heterocycles. The summed E-state index contributed by atoms with van der Waals surface area (Å²) >= 11 is 0. The molecule has 0 bridgehead atoms. The molecule has 2 aliphatic rings. The number of hydrogen-bond donors (Lipinski definition) is 1. The minimum Gasteiger partial charge on any atom is -0.494 e. The Morgan fingerprint density at radius 2 is 1.77 bits per heavy atom. The molecule has 1 N–H and O–H groups in total. The normalized spacial score (nSPS) is 20.3. The molecule has 2 aromatic carbocycles. The van der Waals surface area contributed by atoms with E-state index in [0.717, 1.165) is 25.0 Å². The Bertz CT molecular complexity index is 926. The summed E-state index contributed by atoms with van der Waals surface area (Å²) in [7, 11) is 0. The first-order valence-corrected chi connectivity index (χ1v) is 10.9. The number of nitrogens with zero attached hydrogens (tertiary/aromatic N) is 2. The number of nitrogens with one attached hydrogen (secondary N) is 1. The van der Waals surface area contributed by atoms with Crippen molar-refractivity contribution >= 4 is 23.2 Å². The monoisotopic (exact) mass is 425 g/mol. The van der Waals surface area contributed by atoms with Gasteiger partial charge in [0.25, 0.3) is 5.91 Å². The second-order valence-electron chi connectivity index (χ2n) is 8.06. The van der Waals surface area contributed by atoms with Crippen molar-refractivity contribution < 1.29 is 18.7 Å². The van der Waals surface area contributed by atoms with Gasteiger partial charge in [-0.3, -0.25) is 14.5 Å². The summed E-state index contributed by atoms with van der Waals surface area (Å²) in [5, 5.41) is 3.26. The molecule has 0 aliphatic carbocycles. The molecule has 2 fully saturated rings. The van der Waals surface area contributed by atoms with Crippen LogP contribution in [0.4, 0.5) is 15.8 Å². The Morgan fingerprint density at radius 3 is 2.45 bits per heavy atom. The zero-order valence-corrected chi connectivity index (χ0v) is 17.7. The maximum Gasteiger partial charge on any atom is 0.251 e. The lowest BCUT2D eigenvalue weighted by atomic mass is 10.0. The second kappa shape index (κ2) is 9.47. The SMILES string of the molecule is CCCOc1ccc(N2C(=O)C[C@H](N3CCC(Nc4ccccc4F)CC3)C2=O)cc1. The van der Waals surface area contributed by atoms with Crippen LogP contribution in [0.1, 0.15) is 32.6 Å². The minimum atomic E-state index is -0.432. The van der Waals surface area contributed by atoms with Crippen LogP contribution in [-0.4, -0.2) is 48.5 Å². The van der Waals surface area contributed by atoms with E-state index in [1.54, 1.807) is 42.5 Å². The fourth-order valence-electron chi connectivity index (χ4n) is 4.24. The van der Waals surface area contributed by atoms with Gasteiger partial charge in [0.1, 0.15) is 11.6 Å². The van der Waals surface area contributed by atoms with Gasteiger partial charge in [0.15, 0.2) is 0 Å². The van der Waals surface area contributed by atoms with Gasteiger partial charge in [0, 0.05) is 19.1 Å². The van der Waals surface area contributed by atoms with Gasteiger partial charge in [0.05, 0.1) is 30.4 Å². The topological polar surface area (TPSA) is 61.9 Å². The van der Waals surface area contributed by atoms with Crippen LogP contribution < -0.4 is 15.0 Å². The molecular weight excluding hydrogens is 397 g/mol. The van der Waals surface area contributed by atoms with Crippen molar-refractivity contribution in [1.82, 2.24) is 4.90 Å². The van der Waals surface area contributed by atoms with E-state index in [1.165, 1.54) is 11.0 Å². The number of para-hydroxylation sites is 1. The van der Waals surface area contributed by atoms with E-state index in [-0.39, 0.29) is 30.1 Å². The lowest BCUT2D eigenvalue weighted by Gasteiger charge is -2.35. The maximum atomic E-state index is 13.9. The summed E-state index contributed by atoms with van der Waals surface area (Å²) in [6.45, 7) is 4.04. The maximum absolute atomic E-state index is 13.9. The molecule has 6 nitrogen and oxygen atoms in total. The van der Waals surface area contributed by atoms with E-state index in [4.69, 9.17) is 4.74 Å². The zero-order valence-electron chi connectivity index (χ0n) is 17.7. The van der Waals surface area contributed by atoms with Gasteiger partial charge in [-0.25, -0.2) is 9.29 Å². The predicted molar refractivity (Wildman–Crippen MR) is 118 cm³/mol. The molecule has 0 aromatic heterocycles. The molecule has 1 atom stereocenters. The summed E-state index contributed by atoms with van der Waals surface area (Å²) in [6.07, 6.45) is 2.68. The van der Waals surface area contributed by atoms with Crippen molar-refractivity contribution in [3.8, 4) is 5.75 Å². The molecule has 31 heavy (non-hydrogen) atoms. The highest BCUT2D eigenvalue weighted by Crippen LogP contribution is 2.29. The van der Waals surface area contributed by atoms with E-state index in [9.17, 15) is 14.0 Å². The van der Waals surface area contributed by atoms with Crippen LogP contribution in [0.2, 0.25) is 0 Å². The van der Waals surface area contributed by atoms with Gasteiger partial charge in [0.2, 0.25) is 5.91 Å². The van der Waals surface area contributed by atoms with Crippen molar-refractivity contribution in [3.05, 3.63) is 54.3 Å². The number of amides is 2. The second-order valence-corrected chi connectivity index (χ2v) is 8.06. The smallest absolute Gasteiger partial charge is 0.251 e. The molecule has 0 spiro atoms. The van der Waals surface area contributed by atoms with E-state index in [2.05, 4.69) is 10.2 Å². The average Bonchev–Trinajstić information content (AvgIpc) is 3.09. The van der Waals surface area contributed by atoms with Gasteiger partial charge >= 0.3 is 0 Å². The highest BCUT2D eigenvalue weighted by molar-refractivity contribution is 6.22. The van der Waals surface area contributed by atoms with Crippen molar-refractivity contribution in [2.45, 2.75) is 44.7 Å². The standard InChI is InChI=1S/C24H28FN3O3/c1-2-15-31-19-9-7-18(8-10-19)28-23(29)16-22(24(28)30)27-13-11-17(12-14-27)26-21-6-4-3-5-20(21)25/h3-10,17,22,26H,2,11-16H2,1H3/t22-/m0/s1. The number of hydrogen-bond acceptors (Lipinski definition) is 5. The molecule has 0 unspecified atom stereocenters. The van der Waals surface area contributed by atoms with Crippen LogP contribution in [-0.2, 0) is 9.59 Å². The third kappa shape index (κ3) is 4.71. The van der Waals surface area contributed by atoms with Gasteiger partial charge in [-0.05, 0) is 55.7 Å². The third-order valence-electron chi connectivity index (χ3n) is 5.89. The molecule has 0 saturated carbocycles. The van der Waals surface area contributed by atoms with Gasteiger partial charge in [-0.1, -0.05) is 19.1 Å². The van der Waals surface area contributed by atoms with Gasteiger partial charge < -0.3 is 10.1 Å². The summed E-state index contributed by atoms with van der Waals surface area (Å²) in [5.41, 5.74) is 1.09. The number of rotatable bonds is 7. The highest BCUT2D eigenvalue weighted by atomic mass is 19.1. The quantitative estimate of drug-likeness (QED) is 0.684. The Hall–Kier alpha value is -2.93. The third-order valence-corrected chi connectivity index (χ3v) is 5.89. The fourth-order valence-corrected chi connectivity index (χ4v) is 4.24. The number of anilines is 2. The highest BCUT2D eigenvalue weighted by Gasteiger charge is 2.43. The lowest BCUT2D eigenvalue weighted by molar-refractivity contribution is -0.123. The van der Waals surface area contributed by atoms with Crippen molar-refractivity contribution in [1.29, 1.82) is 0 Å². The number of imide groups is 1. The van der Waals surface area contributed by atoms with Crippen LogP contribution >= 0.6 is 0 Å². The Kier molecular flexibility index (Phi) is 6.51. The molecule has 2 aromatic rings. The number of halogens is 1. The minimum absolute atomic E-state index is 0.145. The number of carbonyl (C=O) groups is 2. The van der Waals surface area contributed by atoms with E-state index in [0.29, 0.717) is 31.1 Å². The molecule has 4 rings (SSSR count). The lowest BCUT2D eigenvalue weighted by Crippen LogP contribution is -2.48. The first-order valence-electron chi connectivity index (χ1n) is 10.9. The summed E-state index contributed by atoms with van der Waals surface area (Å²) in [4.78, 5) is 29.1. The number of carbonyl (C=O) groups excluding carboxylic acids is 2. The summed E-state index contributed by atoms with van der Waals surface area (Å²) in [5.74, 6) is 0.116. The first kappa shape index (κ1) is 21.3. The average molecular weight is 426 g/mol. The molecule has 2 saturated heterocycles. The number of benzene rings is 2. The van der Waals surface area contributed by atoms with Crippen LogP contribution in [0.25, 0.3) is 0 Å². The Morgan fingerprint density at radius 1 is 1.06 bits per heavy atom. The van der Waals surface area contributed by atoms with Crippen molar-refractivity contribution in [2.75, 3.05) is 29.9 Å². The molecule has 0 radical (unpaired) electrons. The number of likely N-dealkylation sites (tertiary alicyclic amines) is 1. The summed E-state index contributed by atoms with van der Waals surface area (Å²) < 4.78 is 19.5. The number of piperidine rings is 1. The Labute approximate surface area is 182 Å². The van der Waals surface area contributed by atoms with Crippen LogP contribution in [0.15, 0.2) is 48.5 Å². The van der Waals surface area contributed by atoms with E-state index < -0.39 is 6.04 Å². The van der Waals surface area contributed by atoms with Crippen molar-refractivity contribution in [2.24, 2.45) is 0 Å². The largest absolute Gasteiger partial charge is 0.494 e. The molecule has 2 amide bonds. The van der Waals surface area contributed by atoms with E-state index >= 15 is 0 Å². The van der Waals surface area contributed by atoms with Gasteiger partial charge in [-0.15, -0.1) is 0 Å². The Balaban J connectivity index is 1.35.